The van der Waals surface area contributed by atoms with Crippen LogP contribution in [0.15, 0.2) is 78.9 Å². The first kappa shape index (κ1) is 47.8. The fourth-order valence-corrected chi connectivity index (χ4v) is 8.50. The van der Waals surface area contributed by atoms with Gasteiger partial charge < -0.3 is 34.6 Å². The Morgan fingerprint density at radius 3 is 1.56 bits per heavy atom. The molecule has 0 bridgehead atoms. The summed E-state index contributed by atoms with van der Waals surface area (Å²) in [5.74, 6) is 0.953. The van der Waals surface area contributed by atoms with Crippen LogP contribution in [0.4, 0.5) is 0 Å². The van der Waals surface area contributed by atoms with Gasteiger partial charge in [0.15, 0.2) is 0 Å². The van der Waals surface area contributed by atoms with Gasteiger partial charge in [-0.15, -0.1) is 0 Å². The first-order chi connectivity index (χ1) is 28.8. The molecule has 2 atom stereocenters. The highest BCUT2D eigenvalue weighted by Gasteiger charge is 2.46. The van der Waals surface area contributed by atoms with Gasteiger partial charge in [0.1, 0.15) is 17.1 Å². The van der Waals surface area contributed by atoms with Crippen molar-refractivity contribution in [1.82, 2.24) is 10.2 Å². The monoisotopic (exact) mass is 815 g/mol. The van der Waals surface area contributed by atoms with E-state index in [0.29, 0.717) is 32.5 Å². The summed E-state index contributed by atoms with van der Waals surface area (Å²) in [5.41, 5.74) is 1.45. The lowest BCUT2D eigenvalue weighted by atomic mass is 9.78. The lowest BCUT2D eigenvalue weighted by molar-refractivity contribution is -0.137. The third-order valence-electron chi connectivity index (χ3n) is 12.4. The number of hydrogen-bond donors (Lipinski definition) is 3. The van der Waals surface area contributed by atoms with E-state index in [-0.39, 0.29) is 18.4 Å². The highest BCUT2D eigenvalue weighted by Crippen LogP contribution is 2.44. The van der Waals surface area contributed by atoms with Crippen LogP contribution in [0.5, 0.6) is 11.5 Å². The molecule has 1 aliphatic rings. The van der Waals surface area contributed by atoms with Gasteiger partial charge in [0.25, 0.3) is 0 Å². The number of ether oxygens (including phenoxy) is 3. The molecule has 0 aromatic heterocycles. The molecule has 326 valence electrons. The lowest BCUT2D eigenvalue weighted by Gasteiger charge is -2.38. The van der Waals surface area contributed by atoms with Gasteiger partial charge in [-0.2, -0.15) is 0 Å². The summed E-state index contributed by atoms with van der Waals surface area (Å²) >= 11 is 0. The molecule has 3 aromatic rings. The van der Waals surface area contributed by atoms with E-state index in [1.54, 1.807) is 14.2 Å². The zero-order chi connectivity index (χ0) is 42.2. The van der Waals surface area contributed by atoms with E-state index < -0.39 is 17.0 Å². The molecule has 3 aromatic carbocycles. The van der Waals surface area contributed by atoms with Gasteiger partial charge in [-0.25, -0.2) is 0 Å². The molecule has 0 aliphatic carbocycles. The van der Waals surface area contributed by atoms with Crippen LogP contribution >= 0.6 is 0 Å². The van der Waals surface area contributed by atoms with E-state index in [9.17, 15) is 14.7 Å². The highest BCUT2D eigenvalue weighted by molar-refractivity contribution is 5.76. The van der Waals surface area contributed by atoms with Crippen LogP contribution in [0.25, 0.3) is 0 Å². The number of aliphatic carboxylic acids is 1. The number of nitrogens with one attached hydrogen (secondary N) is 1. The van der Waals surface area contributed by atoms with E-state index in [1.807, 2.05) is 47.4 Å². The Hall–Kier alpha value is -3.92. The molecule has 1 saturated heterocycles. The molecule has 2 unspecified atom stereocenters. The fraction of sp³-hybridized carbons (Fsp3) is 0.600. The van der Waals surface area contributed by atoms with Gasteiger partial charge in [-0.1, -0.05) is 139 Å². The molecular weight excluding hydrogens is 741 g/mol. The third-order valence-corrected chi connectivity index (χ3v) is 12.4. The molecule has 59 heavy (non-hydrogen) atoms. The van der Waals surface area contributed by atoms with Crippen molar-refractivity contribution >= 4 is 11.9 Å². The van der Waals surface area contributed by atoms with Crippen molar-refractivity contribution in [3.8, 4) is 11.5 Å². The van der Waals surface area contributed by atoms with Gasteiger partial charge in [0.2, 0.25) is 5.91 Å². The summed E-state index contributed by atoms with van der Waals surface area (Å²) in [7, 11) is 3.33. The standard InChI is InChI=1S/C50H74N2O7/c1-49(40-53)39-52(47(54)25-19-12-8-7-11-15-22-36-51-35-21-14-10-6-4-5-9-13-20-26-48(55)56)37-44(49)38-59-50(41-23-17-16-18-24-41,42-27-31-45(57-2)32-28-42)43-29-33-46(58-3)34-30-43/h16-18,23-24,27-34,44,51,53H,4-15,19-22,25-26,35-40H2,1-3H3,(H,55,56). The summed E-state index contributed by atoms with van der Waals surface area (Å²) in [5, 5.41) is 23.0. The van der Waals surface area contributed by atoms with Crippen LogP contribution in [0.1, 0.15) is 139 Å². The maximum absolute atomic E-state index is 13.5. The summed E-state index contributed by atoms with van der Waals surface area (Å²) < 4.78 is 18.2. The largest absolute Gasteiger partial charge is 0.497 e. The Bertz CT molecular complexity index is 1550. The first-order valence-electron chi connectivity index (χ1n) is 22.6. The number of likely N-dealkylation sites (tertiary alicyclic amines) is 1. The van der Waals surface area contributed by atoms with Crippen molar-refractivity contribution < 1.29 is 34.0 Å². The minimum atomic E-state index is -0.959. The number of amides is 1. The van der Waals surface area contributed by atoms with Crippen LogP contribution in [0.3, 0.4) is 0 Å². The van der Waals surface area contributed by atoms with Crippen LogP contribution in [0.2, 0.25) is 0 Å². The molecule has 1 fully saturated rings. The number of rotatable bonds is 31. The van der Waals surface area contributed by atoms with Crippen LogP contribution in [-0.4, -0.2) is 80.6 Å². The smallest absolute Gasteiger partial charge is 0.303 e. The molecule has 4 rings (SSSR count). The van der Waals surface area contributed by atoms with Crippen molar-refractivity contribution in [2.45, 2.75) is 128 Å². The highest BCUT2D eigenvalue weighted by atomic mass is 16.5. The summed E-state index contributed by atoms with van der Waals surface area (Å²) in [6.07, 6.45) is 19.5. The third kappa shape index (κ3) is 15.2. The Morgan fingerprint density at radius 2 is 1.10 bits per heavy atom. The zero-order valence-electron chi connectivity index (χ0n) is 36.4. The van der Waals surface area contributed by atoms with E-state index in [0.717, 1.165) is 79.8 Å². The van der Waals surface area contributed by atoms with E-state index in [4.69, 9.17) is 19.3 Å². The maximum Gasteiger partial charge on any atom is 0.303 e. The molecule has 9 heteroatoms. The molecule has 1 amide bonds. The average molecular weight is 815 g/mol. The van der Waals surface area contributed by atoms with Gasteiger partial charge in [0, 0.05) is 37.3 Å². The van der Waals surface area contributed by atoms with Crippen LogP contribution in [-0.2, 0) is 19.9 Å². The molecular formula is C50H74N2O7. The number of benzene rings is 3. The van der Waals surface area contributed by atoms with Gasteiger partial charge in [-0.3, -0.25) is 9.59 Å². The average Bonchev–Trinajstić information content (AvgIpc) is 3.61. The van der Waals surface area contributed by atoms with Gasteiger partial charge in [-0.05, 0) is 79.7 Å². The number of unbranched alkanes of at least 4 members (excludes halogenated alkanes) is 14. The topological polar surface area (TPSA) is 118 Å². The Balaban J connectivity index is 1.16. The van der Waals surface area contributed by atoms with E-state index in [2.05, 4.69) is 48.6 Å². The van der Waals surface area contributed by atoms with Crippen LogP contribution in [0, 0.1) is 11.3 Å². The second-order valence-electron chi connectivity index (χ2n) is 16.9. The normalized spacial score (nSPS) is 16.7. The summed E-state index contributed by atoms with van der Waals surface area (Å²) in [4.78, 5) is 26.1. The molecule has 0 radical (unpaired) electrons. The van der Waals surface area contributed by atoms with E-state index in [1.165, 1.54) is 64.2 Å². The van der Waals surface area contributed by atoms with Crippen LogP contribution < -0.4 is 14.8 Å². The molecule has 0 saturated carbocycles. The number of carbonyl (C=O) groups is 2. The number of carboxylic acid groups (broad SMARTS) is 1. The Morgan fingerprint density at radius 1 is 0.661 bits per heavy atom. The number of nitrogens with zero attached hydrogens (tertiary/aromatic N) is 1. The quantitative estimate of drug-likeness (QED) is 0.0434. The molecule has 9 nitrogen and oxygen atoms in total. The van der Waals surface area contributed by atoms with Gasteiger partial charge in [0.05, 0.1) is 27.4 Å². The maximum atomic E-state index is 13.5. The predicted molar refractivity (Wildman–Crippen MR) is 237 cm³/mol. The number of aliphatic hydroxyl groups is 1. The van der Waals surface area contributed by atoms with Crippen molar-refractivity contribution in [2.24, 2.45) is 11.3 Å². The predicted octanol–water partition coefficient (Wildman–Crippen LogP) is 10.2. The number of methoxy groups -OCH3 is 2. The van der Waals surface area contributed by atoms with Crippen molar-refractivity contribution in [3.05, 3.63) is 95.6 Å². The molecule has 3 N–H and O–H groups in total. The second kappa shape index (κ2) is 26.3. The summed E-state index contributed by atoms with van der Waals surface area (Å²) in [6.45, 7) is 5.68. The fourth-order valence-electron chi connectivity index (χ4n) is 8.50. The zero-order valence-corrected chi connectivity index (χ0v) is 36.4. The number of carboxylic acids is 1. The Labute approximate surface area is 355 Å². The molecule has 1 heterocycles. The SMILES string of the molecule is COc1ccc(C(OCC2CN(C(=O)CCCCCCCCCNCCCCCCCCCCCC(=O)O)CC2(C)CO)(c2ccccc2)c2ccc(OC)cc2)cc1. The minimum Gasteiger partial charge on any atom is -0.497 e. The number of aliphatic hydroxyl groups excluding tert-OH is 1. The number of carbonyl (C=O) groups excluding carboxylic acids is 1. The van der Waals surface area contributed by atoms with E-state index >= 15 is 0 Å². The van der Waals surface area contributed by atoms with Crippen molar-refractivity contribution in [2.75, 3.05) is 53.6 Å². The minimum absolute atomic E-state index is 0.0232. The first-order valence-corrected chi connectivity index (χ1v) is 22.6. The van der Waals surface area contributed by atoms with Gasteiger partial charge >= 0.3 is 5.97 Å². The molecule has 1 aliphatic heterocycles. The lowest BCUT2D eigenvalue weighted by Crippen LogP contribution is -2.39. The van der Waals surface area contributed by atoms with Crippen molar-refractivity contribution in [1.29, 1.82) is 0 Å². The number of hydrogen-bond acceptors (Lipinski definition) is 7. The second-order valence-corrected chi connectivity index (χ2v) is 16.9. The summed E-state index contributed by atoms with van der Waals surface area (Å²) in [6, 6.07) is 26.3. The van der Waals surface area contributed by atoms with Crippen molar-refractivity contribution in [3.63, 3.8) is 0 Å². The Kier molecular flexibility index (Phi) is 21.3. The molecule has 0 spiro atoms.